The summed E-state index contributed by atoms with van der Waals surface area (Å²) in [6.45, 7) is 4.26. The number of para-hydroxylation sites is 1. The molecular formula is C28H24FN3O2. The number of nitrogens with zero attached hydrogens (tertiary/aromatic N) is 2. The average Bonchev–Trinajstić information content (AvgIpc) is 3.33. The van der Waals surface area contributed by atoms with Crippen molar-refractivity contribution in [1.82, 2.24) is 9.88 Å². The van der Waals surface area contributed by atoms with Crippen LogP contribution in [0.2, 0.25) is 0 Å². The van der Waals surface area contributed by atoms with E-state index in [4.69, 9.17) is 0 Å². The summed E-state index contributed by atoms with van der Waals surface area (Å²) in [7, 11) is 0. The molecule has 0 bridgehead atoms. The van der Waals surface area contributed by atoms with Gasteiger partial charge in [-0.05, 0) is 54.3 Å². The number of urea groups is 1. The van der Waals surface area contributed by atoms with E-state index in [1.807, 2.05) is 18.2 Å². The van der Waals surface area contributed by atoms with Gasteiger partial charge in [-0.15, -0.1) is 0 Å². The molecule has 1 aromatic heterocycles. The maximum absolute atomic E-state index is 14.0. The highest BCUT2D eigenvalue weighted by atomic mass is 19.1. The number of hydrogen-bond donors (Lipinski definition) is 1. The van der Waals surface area contributed by atoms with Crippen LogP contribution in [0.15, 0.2) is 72.8 Å². The van der Waals surface area contributed by atoms with Crippen LogP contribution in [-0.4, -0.2) is 28.4 Å². The van der Waals surface area contributed by atoms with Crippen molar-refractivity contribution < 1.29 is 14.0 Å². The molecule has 0 radical (unpaired) electrons. The van der Waals surface area contributed by atoms with Crippen molar-refractivity contribution in [3.05, 3.63) is 101 Å². The predicted molar refractivity (Wildman–Crippen MR) is 129 cm³/mol. The van der Waals surface area contributed by atoms with Crippen LogP contribution < -0.4 is 4.90 Å². The number of carbonyl (C=O) groups excluding carboxylic acids is 2. The number of halogens is 1. The average molecular weight is 454 g/mol. The lowest BCUT2D eigenvalue weighted by Crippen LogP contribution is -2.50. The molecule has 1 N–H and O–H groups in total. The normalized spacial score (nSPS) is 21.8. The van der Waals surface area contributed by atoms with Crippen molar-refractivity contribution >= 4 is 28.5 Å². The molecule has 3 heterocycles. The zero-order chi connectivity index (χ0) is 23.6. The van der Waals surface area contributed by atoms with E-state index in [1.165, 1.54) is 23.8 Å². The highest BCUT2D eigenvalue weighted by molar-refractivity contribution is 6.23. The number of rotatable bonds is 3. The third-order valence-electron chi connectivity index (χ3n) is 7.38. The second-order valence-corrected chi connectivity index (χ2v) is 9.19. The molecule has 0 aliphatic carbocycles. The quantitative estimate of drug-likeness (QED) is 0.405. The van der Waals surface area contributed by atoms with Gasteiger partial charge in [0.2, 0.25) is 0 Å². The van der Waals surface area contributed by atoms with Crippen LogP contribution in [0.5, 0.6) is 0 Å². The van der Waals surface area contributed by atoms with Gasteiger partial charge >= 0.3 is 6.03 Å². The first-order valence-corrected chi connectivity index (χ1v) is 11.5. The van der Waals surface area contributed by atoms with E-state index in [0.29, 0.717) is 6.54 Å². The topological polar surface area (TPSA) is 56.4 Å². The standard InChI is InChI=1S/C28H24FN3O2/c1-3-17-11-13-18(14-12-17)22-16-31-27(34)32(20-8-6-7-19(29)15-20)26(33)28(31,2)25-24(22)21-9-4-5-10-23(21)30-25/h4-15,22,30H,3,16H2,1-2H3/t22-,28+/m1/s1. The highest BCUT2D eigenvalue weighted by Crippen LogP contribution is 2.50. The lowest BCUT2D eigenvalue weighted by Gasteiger charge is -2.40. The van der Waals surface area contributed by atoms with Gasteiger partial charge in [0.25, 0.3) is 5.91 Å². The van der Waals surface area contributed by atoms with E-state index in [-0.39, 0.29) is 17.5 Å². The SMILES string of the molecule is CCc1ccc([C@H]2CN3C(=O)N(c4cccc(F)c4)C(=O)[C@]3(C)c3[nH]c4ccccc4c32)cc1. The van der Waals surface area contributed by atoms with E-state index >= 15 is 0 Å². The van der Waals surface area contributed by atoms with Crippen LogP contribution in [0.25, 0.3) is 10.9 Å². The number of carbonyl (C=O) groups is 2. The van der Waals surface area contributed by atoms with E-state index in [2.05, 4.69) is 42.2 Å². The number of nitrogens with one attached hydrogen (secondary N) is 1. The van der Waals surface area contributed by atoms with Crippen LogP contribution in [0.3, 0.4) is 0 Å². The molecule has 0 saturated carbocycles. The number of H-pyrrole nitrogens is 1. The second kappa shape index (κ2) is 7.29. The van der Waals surface area contributed by atoms with Gasteiger partial charge in [0.15, 0.2) is 5.54 Å². The van der Waals surface area contributed by atoms with Crippen LogP contribution in [0, 0.1) is 5.82 Å². The minimum absolute atomic E-state index is 0.102. The fourth-order valence-electron chi connectivity index (χ4n) is 5.52. The van der Waals surface area contributed by atoms with Gasteiger partial charge in [0.05, 0.1) is 11.4 Å². The predicted octanol–water partition coefficient (Wildman–Crippen LogP) is 5.70. The molecule has 5 nitrogen and oxygen atoms in total. The highest BCUT2D eigenvalue weighted by Gasteiger charge is 2.60. The molecule has 1 fully saturated rings. The molecule has 0 spiro atoms. The summed E-state index contributed by atoms with van der Waals surface area (Å²) < 4.78 is 14.0. The van der Waals surface area contributed by atoms with Crippen molar-refractivity contribution in [2.45, 2.75) is 31.7 Å². The van der Waals surface area contributed by atoms with E-state index in [1.54, 1.807) is 17.9 Å². The smallest absolute Gasteiger partial charge is 0.332 e. The lowest BCUT2D eigenvalue weighted by molar-refractivity contribution is -0.125. The molecule has 6 heteroatoms. The Bertz CT molecular complexity index is 1460. The van der Waals surface area contributed by atoms with Gasteiger partial charge in [-0.1, -0.05) is 55.5 Å². The van der Waals surface area contributed by atoms with Crippen LogP contribution in [-0.2, 0) is 16.8 Å². The van der Waals surface area contributed by atoms with E-state index in [9.17, 15) is 14.0 Å². The molecule has 2 atom stereocenters. The fraction of sp³-hybridized carbons (Fsp3) is 0.214. The minimum Gasteiger partial charge on any atom is -0.356 e. The summed E-state index contributed by atoms with van der Waals surface area (Å²) in [5, 5.41) is 1.05. The maximum Gasteiger partial charge on any atom is 0.332 e. The number of benzene rings is 3. The van der Waals surface area contributed by atoms with Crippen molar-refractivity contribution in [3.8, 4) is 0 Å². The van der Waals surface area contributed by atoms with Crippen molar-refractivity contribution in [3.63, 3.8) is 0 Å². The monoisotopic (exact) mass is 453 g/mol. The Labute approximate surface area is 196 Å². The summed E-state index contributed by atoms with van der Waals surface area (Å²) in [5.41, 5.74) is 4.06. The largest absolute Gasteiger partial charge is 0.356 e. The zero-order valence-electron chi connectivity index (χ0n) is 19.0. The number of imide groups is 1. The van der Waals surface area contributed by atoms with Crippen LogP contribution in [0.1, 0.15) is 42.1 Å². The summed E-state index contributed by atoms with van der Waals surface area (Å²) >= 11 is 0. The molecular weight excluding hydrogens is 429 g/mol. The lowest BCUT2D eigenvalue weighted by atomic mass is 9.78. The molecule has 2 aliphatic rings. The minimum atomic E-state index is -1.21. The van der Waals surface area contributed by atoms with E-state index < -0.39 is 17.4 Å². The van der Waals surface area contributed by atoms with Gasteiger partial charge in [0.1, 0.15) is 5.82 Å². The molecule has 2 aliphatic heterocycles. The van der Waals surface area contributed by atoms with Gasteiger partial charge in [-0.2, -0.15) is 0 Å². The molecule has 4 aromatic rings. The number of aromatic amines is 1. The number of anilines is 1. The summed E-state index contributed by atoms with van der Waals surface area (Å²) in [4.78, 5) is 33.8. The third-order valence-corrected chi connectivity index (χ3v) is 7.38. The van der Waals surface area contributed by atoms with Gasteiger partial charge in [-0.3, -0.25) is 4.79 Å². The molecule has 6 rings (SSSR count). The zero-order valence-corrected chi connectivity index (χ0v) is 19.0. The molecule has 1 saturated heterocycles. The van der Waals surface area contributed by atoms with Gasteiger partial charge in [-0.25, -0.2) is 14.1 Å². The van der Waals surface area contributed by atoms with Crippen molar-refractivity contribution in [2.24, 2.45) is 0 Å². The van der Waals surface area contributed by atoms with Crippen LogP contribution in [0.4, 0.5) is 14.9 Å². The first kappa shape index (κ1) is 20.7. The first-order chi connectivity index (χ1) is 16.4. The number of hydrogen-bond acceptors (Lipinski definition) is 2. The number of aromatic nitrogens is 1. The Hall–Kier alpha value is -3.93. The molecule has 3 aromatic carbocycles. The summed E-state index contributed by atoms with van der Waals surface area (Å²) in [6.07, 6.45) is 0.947. The Morgan fingerprint density at radius 2 is 1.79 bits per heavy atom. The fourth-order valence-corrected chi connectivity index (χ4v) is 5.52. The van der Waals surface area contributed by atoms with Gasteiger partial charge in [0, 0.05) is 23.4 Å². The molecule has 0 unspecified atom stereocenters. The number of aryl methyl sites for hydroxylation is 1. The summed E-state index contributed by atoms with van der Waals surface area (Å²) in [6, 6.07) is 21.7. The van der Waals surface area contributed by atoms with Crippen molar-refractivity contribution in [2.75, 3.05) is 11.4 Å². The Morgan fingerprint density at radius 3 is 2.53 bits per heavy atom. The maximum atomic E-state index is 14.0. The summed E-state index contributed by atoms with van der Waals surface area (Å²) in [5.74, 6) is -0.974. The van der Waals surface area contributed by atoms with Crippen LogP contribution >= 0.6 is 0 Å². The molecule has 170 valence electrons. The third kappa shape index (κ3) is 2.71. The molecule has 34 heavy (non-hydrogen) atoms. The first-order valence-electron chi connectivity index (χ1n) is 11.5. The van der Waals surface area contributed by atoms with Gasteiger partial charge < -0.3 is 9.88 Å². The number of amides is 3. The van der Waals surface area contributed by atoms with Crippen molar-refractivity contribution in [1.29, 1.82) is 0 Å². The van der Waals surface area contributed by atoms with E-state index in [0.717, 1.165) is 39.0 Å². The Morgan fingerprint density at radius 1 is 1.03 bits per heavy atom. The Kier molecular flexibility index (Phi) is 4.43. The Balaban J connectivity index is 1.57. The molecule has 3 amide bonds. The number of fused-ring (bicyclic) bond motifs is 5. The second-order valence-electron chi connectivity index (χ2n) is 9.19.